The van der Waals surface area contributed by atoms with Crippen molar-refractivity contribution in [1.82, 2.24) is 4.90 Å². The molecule has 1 unspecified atom stereocenters. The molecular weight excluding hydrogens is 348 g/mol. The largest absolute Gasteiger partial charge is 0.399 e. The van der Waals surface area contributed by atoms with Gasteiger partial charge in [-0.3, -0.25) is 4.90 Å². The number of quaternary nitrogens is 1. The van der Waals surface area contributed by atoms with E-state index in [0.717, 1.165) is 35.8 Å². The molecule has 1 atom stereocenters. The van der Waals surface area contributed by atoms with E-state index in [2.05, 4.69) is 74.0 Å². The molecule has 3 radical (unpaired) electrons. The summed E-state index contributed by atoms with van der Waals surface area (Å²) in [5.74, 6) is 0.637. The number of hydrogen-bond acceptors (Lipinski definition) is 3. The fourth-order valence-corrected chi connectivity index (χ4v) is 4.33. The van der Waals surface area contributed by atoms with Gasteiger partial charge in [0.25, 0.3) is 0 Å². The lowest BCUT2D eigenvalue weighted by molar-refractivity contribution is -0.941. The van der Waals surface area contributed by atoms with Crippen LogP contribution in [-0.4, -0.2) is 78.5 Å². The third-order valence-electron chi connectivity index (χ3n) is 7.25. The quantitative estimate of drug-likeness (QED) is 0.442. The molecule has 151 valence electrons. The number of aryl methyl sites for hydroxylation is 1. The summed E-state index contributed by atoms with van der Waals surface area (Å²) < 4.78 is 1.05. The van der Waals surface area contributed by atoms with Crippen molar-refractivity contribution in [3.63, 3.8) is 0 Å². The van der Waals surface area contributed by atoms with E-state index >= 15 is 0 Å². The summed E-state index contributed by atoms with van der Waals surface area (Å²) in [5, 5.41) is 0. The molecule has 2 N–H and O–H groups in total. The van der Waals surface area contributed by atoms with Crippen LogP contribution < -0.4 is 10.6 Å². The summed E-state index contributed by atoms with van der Waals surface area (Å²) in [6.07, 6.45) is 1.22. The van der Waals surface area contributed by atoms with Crippen LogP contribution in [0.25, 0.3) is 0 Å². The van der Waals surface area contributed by atoms with Crippen LogP contribution in [0.2, 0.25) is 6.04 Å². The maximum absolute atomic E-state index is 5.99. The highest BCUT2D eigenvalue weighted by Gasteiger charge is 2.40. The number of likely N-dealkylation sites (N-methyl/N-ethyl adjacent to an activating group) is 1. The molecule has 0 spiro atoms. The van der Waals surface area contributed by atoms with Gasteiger partial charge in [-0.2, -0.15) is 0 Å². The Balaban J connectivity index is 1.93. The second-order valence-corrected chi connectivity index (χ2v) is 9.80. The Morgan fingerprint density at radius 3 is 2.52 bits per heavy atom. The van der Waals surface area contributed by atoms with E-state index in [9.17, 15) is 0 Å². The molecule has 1 aliphatic rings. The normalized spacial score (nSPS) is 18.4. The lowest BCUT2D eigenvalue weighted by Crippen LogP contribution is -2.61. The van der Waals surface area contributed by atoms with Gasteiger partial charge in [-0.05, 0) is 51.0 Å². The number of benzene rings is 1. The summed E-state index contributed by atoms with van der Waals surface area (Å²) >= 11 is 0. The van der Waals surface area contributed by atoms with Crippen molar-refractivity contribution in [3.05, 3.63) is 23.8 Å². The van der Waals surface area contributed by atoms with Gasteiger partial charge in [0.1, 0.15) is 0 Å². The molecule has 27 heavy (non-hydrogen) atoms. The Kier molecular flexibility index (Phi) is 7.39. The van der Waals surface area contributed by atoms with Crippen molar-refractivity contribution in [1.29, 1.82) is 0 Å². The van der Waals surface area contributed by atoms with E-state index in [1.165, 1.54) is 37.3 Å². The van der Waals surface area contributed by atoms with Gasteiger partial charge < -0.3 is 15.1 Å². The van der Waals surface area contributed by atoms with Crippen molar-refractivity contribution in [3.8, 4) is 0 Å². The topological polar surface area (TPSA) is 32.5 Å². The number of anilines is 2. The molecule has 0 saturated carbocycles. The molecule has 0 aromatic heterocycles. The van der Waals surface area contributed by atoms with Crippen LogP contribution in [0.3, 0.4) is 0 Å². The first-order valence-corrected chi connectivity index (χ1v) is 11.1. The fourth-order valence-electron chi connectivity index (χ4n) is 3.84. The number of nitrogen functional groups attached to an aromatic ring is 1. The SMILES string of the molecule is Cc1cc(N2CCCN(CC[N+](C)(C)C(C)(C)C(C)C[Si])CC2)ccc1N. The highest BCUT2D eigenvalue weighted by Crippen LogP contribution is 2.30. The summed E-state index contributed by atoms with van der Waals surface area (Å²) in [6, 6.07) is 7.49. The average Bonchev–Trinajstić information content (AvgIpc) is 2.87. The monoisotopic (exact) mass is 388 g/mol. The lowest BCUT2D eigenvalue weighted by Gasteiger charge is -2.48. The molecular formula is C22H40N4Si+. The zero-order valence-electron chi connectivity index (χ0n) is 18.4. The van der Waals surface area contributed by atoms with E-state index in [0.29, 0.717) is 5.92 Å². The molecule has 1 aromatic carbocycles. The first-order chi connectivity index (χ1) is 12.6. The third kappa shape index (κ3) is 5.27. The summed E-state index contributed by atoms with van der Waals surface area (Å²) in [4.78, 5) is 5.17. The first kappa shape index (κ1) is 22.2. The zero-order chi connectivity index (χ0) is 20.2. The van der Waals surface area contributed by atoms with E-state index in [1.807, 2.05) is 6.07 Å². The van der Waals surface area contributed by atoms with E-state index in [4.69, 9.17) is 5.73 Å². The smallest absolute Gasteiger partial charge is 0.0954 e. The second-order valence-electron chi connectivity index (χ2n) is 9.39. The van der Waals surface area contributed by atoms with Crippen molar-refractivity contribution < 1.29 is 4.48 Å². The lowest BCUT2D eigenvalue weighted by atomic mass is 9.86. The standard InChI is InChI=1S/C22H40N4Si/c1-18-16-20(8-9-21(18)23)25-11-7-10-24(12-13-25)14-15-26(5,6)22(3,4)19(2)17-27/h8-9,16,19H,7,10-15,17,23H2,1-6H3/q+1. The Hall–Kier alpha value is -1.04. The van der Waals surface area contributed by atoms with Crippen LogP contribution in [0, 0.1) is 12.8 Å². The highest BCUT2D eigenvalue weighted by molar-refractivity contribution is 6.08. The predicted octanol–water partition coefficient (Wildman–Crippen LogP) is 3.17. The van der Waals surface area contributed by atoms with Crippen molar-refractivity contribution in [2.24, 2.45) is 5.92 Å². The predicted molar refractivity (Wildman–Crippen MR) is 120 cm³/mol. The molecule has 1 saturated heterocycles. The number of nitrogens with two attached hydrogens (primary N) is 1. The minimum atomic E-state index is 0.251. The van der Waals surface area contributed by atoms with Gasteiger partial charge in [-0.25, -0.2) is 0 Å². The van der Waals surface area contributed by atoms with Gasteiger partial charge in [-0.15, -0.1) is 0 Å². The molecule has 0 aliphatic carbocycles. The molecule has 2 rings (SSSR count). The van der Waals surface area contributed by atoms with Gasteiger partial charge in [0.05, 0.1) is 26.2 Å². The van der Waals surface area contributed by atoms with Gasteiger partial charge >= 0.3 is 0 Å². The van der Waals surface area contributed by atoms with Gasteiger partial charge in [0, 0.05) is 60.3 Å². The van der Waals surface area contributed by atoms with Crippen LogP contribution >= 0.6 is 0 Å². The van der Waals surface area contributed by atoms with Crippen LogP contribution in [0.4, 0.5) is 11.4 Å². The van der Waals surface area contributed by atoms with Crippen molar-refractivity contribution in [2.75, 3.05) is 64.0 Å². The summed E-state index contributed by atoms with van der Waals surface area (Å²) in [5.41, 5.74) is 9.61. The molecule has 5 heteroatoms. The Labute approximate surface area is 170 Å². The number of rotatable bonds is 7. The van der Waals surface area contributed by atoms with Crippen molar-refractivity contribution >= 4 is 21.6 Å². The Bertz CT molecular complexity index is 614. The van der Waals surface area contributed by atoms with Crippen LogP contribution in [0.15, 0.2) is 18.2 Å². The van der Waals surface area contributed by atoms with E-state index in [1.54, 1.807) is 0 Å². The Morgan fingerprint density at radius 2 is 1.89 bits per heavy atom. The van der Waals surface area contributed by atoms with Gasteiger partial charge in [0.2, 0.25) is 0 Å². The average molecular weight is 389 g/mol. The van der Waals surface area contributed by atoms with E-state index in [-0.39, 0.29) is 5.54 Å². The van der Waals surface area contributed by atoms with Crippen LogP contribution in [0.1, 0.15) is 32.8 Å². The molecule has 0 bridgehead atoms. The molecule has 1 fully saturated rings. The summed E-state index contributed by atoms with van der Waals surface area (Å²) in [7, 11) is 8.51. The molecule has 0 amide bonds. The van der Waals surface area contributed by atoms with E-state index < -0.39 is 0 Å². The molecule has 1 aliphatic heterocycles. The maximum atomic E-state index is 5.99. The molecule has 1 aromatic rings. The van der Waals surface area contributed by atoms with Crippen LogP contribution in [0.5, 0.6) is 0 Å². The number of nitrogens with zero attached hydrogens (tertiary/aromatic N) is 3. The third-order valence-corrected chi connectivity index (χ3v) is 7.87. The minimum absolute atomic E-state index is 0.251. The molecule has 1 heterocycles. The minimum Gasteiger partial charge on any atom is -0.399 e. The first-order valence-electron chi connectivity index (χ1n) is 10.4. The molecule has 4 nitrogen and oxygen atoms in total. The van der Waals surface area contributed by atoms with Gasteiger partial charge in [0.15, 0.2) is 0 Å². The Morgan fingerprint density at radius 1 is 1.19 bits per heavy atom. The maximum Gasteiger partial charge on any atom is 0.0954 e. The van der Waals surface area contributed by atoms with Crippen molar-refractivity contribution in [2.45, 2.75) is 45.7 Å². The second kappa shape index (κ2) is 8.97. The van der Waals surface area contributed by atoms with Gasteiger partial charge in [-0.1, -0.05) is 13.0 Å². The number of hydrogen-bond donors (Lipinski definition) is 1. The highest BCUT2D eigenvalue weighted by atomic mass is 28.1. The summed E-state index contributed by atoms with van der Waals surface area (Å²) in [6.45, 7) is 16.2. The zero-order valence-corrected chi connectivity index (χ0v) is 19.4. The van der Waals surface area contributed by atoms with Crippen LogP contribution in [-0.2, 0) is 0 Å². The fraction of sp³-hybridized carbons (Fsp3) is 0.727.